The van der Waals surface area contributed by atoms with Gasteiger partial charge in [0.05, 0.1) is 6.61 Å². The van der Waals surface area contributed by atoms with Gasteiger partial charge in [0, 0.05) is 44.1 Å². The molecule has 0 aromatic heterocycles. The topological polar surface area (TPSA) is 49.9 Å². The summed E-state index contributed by atoms with van der Waals surface area (Å²) in [7, 11) is 1.84. The Morgan fingerprint density at radius 2 is 1.53 bits per heavy atom. The van der Waals surface area contributed by atoms with Crippen LogP contribution in [0.2, 0.25) is 0 Å². The fraction of sp³-hybridized carbons (Fsp3) is 0.310. The molecular weight excluding hydrogens is 424 g/mol. The molecule has 3 aromatic carbocycles. The zero-order valence-electron chi connectivity index (χ0n) is 19.7. The summed E-state index contributed by atoms with van der Waals surface area (Å²) in [4.78, 5) is 30.2. The molecule has 1 saturated heterocycles. The molecule has 0 unspecified atom stereocenters. The van der Waals surface area contributed by atoms with Gasteiger partial charge in [-0.15, -0.1) is 0 Å². The van der Waals surface area contributed by atoms with E-state index in [1.54, 1.807) is 4.90 Å². The van der Waals surface area contributed by atoms with Crippen molar-refractivity contribution in [1.29, 1.82) is 0 Å². The molecule has 176 valence electrons. The molecular formula is C29H32N2O3. The van der Waals surface area contributed by atoms with Crippen molar-refractivity contribution in [3.8, 4) is 5.75 Å². The minimum Gasteiger partial charge on any atom is -0.493 e. The molecule has 0 bridgehead atoms. The second-order valence-corrected chi connectivity index (χ2v) is 9.21. The first-order chi connectivity index (χ1) is 16.5. The van der Waals surface area contributed by atoms with E-state index in [1.807, 2.05) is 103 Å². The molecule has 0 N–H and O–H groups in total. The van der Waals surface area contributed by atoms with Crippen molar-refractivity contribution in [2.75, 3.05) is 26.7 Å². The van der Waals surface area contributed by atoms with Crippen LogP contribution in [-0.4, -0.2) is 48.4 Å². The van der Waals surface area contributed by atoms with E-state index in [1.165, 1.54) is 0 Å². The lowest BCUT2D eigenvalue weighted by molar-refractivity contribution is -0.134. The smallest absolute Gasteiger partial charge is 0.253 e. The van der Waals surface area contributed by atoms with Gasteiger partial charge in [-0.3, -0.25) is 9.59 Å². The van der Waals surface area contributed by atoms with E-state index in [0.29, 0.717) is 38.2 Å². The molecule has 1 aliphatic rings. The lowest BCUT2D eigenvalue weighted by Gasteiger charge is -2.43. The third-order valence-corrected chi connectivity index (χ3v) is 6.47. The van der Waals surface area contributed by atoms with Crippen LogP contribution in [-0.2, 0) is 11.3 Å². The number of carbonyl (C=O) groups is 2. The Bertz CT molecular complexity index is 1070. The van der Waals surface area contributed by atoms with Crippen LogP contribution in [0, 0.1) is 5.41 Å². The lowest BCUT2D eigenvalue weighted by Crippen LogP contribution is -2.50. The maximum atomic E-state index is 13.3. The maximum absolute atomic E-state index is 13.3. The first-order valence-corrected chi connectivity index (χ1v) is 11.8. The first kappa shape index (κ1) is 23.6. The second-order valence-electron chi connectivity index (χ2n) is 9.21. The van der Waals surface area contributed by atoms with Crippen LogP contribution >= 0.6 is 0 Å². The first-order valence-electron chi connectivity index (χ1n) is 11.8. The van der Waals surface area contributed by atoms with Gasteiger partial charge in [0.1, 0.15) is 5.75 Å². The monoisotopic (exact) mass is 456 g/mol. The highest BCUT2D eigenvalue weighted by atomic mass is 16.5. The number of hydrogen-bond acceptors (Lipinski definition) is 3. The number of hydrogen-bond donors (Lipinski definition) is 0. The van der Waals surface area contributed by atoms with Crippen LogP contribution in [0.25, 0.3) is 0 Å². The Morgan fingerprint density at radius 3 is 2.21 bits per heavy atom. The number of nitrogens with zero attached hydrogens (tertiary/aromatic N) is 2. The largest absolute Gasteiger partial charge is 0.493 e. The highest BCUT2D eigenvalue weighted by molar-refractivity contribution is 5.94. The van der Waals surface area contributed by atoms with Crippen LogP contribution in [0.3, 0.4) is 0 Å². The minimum absolute atomic E-state index is 0.00877. The molecule has 3 aromatic rings. The summed E-state index contributed by atoms with van der Waals surface area (Å²) in [6.45, 7) is 2.13. The summed E-state index contributed by atoms with van der Waals surface area (Å²) in [6, 6.07) is 29.0. The summed E-state index contributed by atoms with van der Waals surface area (Å²) < 4.78 is 6.17. The molecule has 1 aliphatic heterocycles. The summed E-state index contributed by atoms with van der Waals surface area (Å²) in [6.07, 6.45) is 2.01. The predicted octanol–water partition coefficient (Wildman–Crippen LogP) is 5.04. The molecule has 0 spiro atoms. The van der Waals surface area contributed by atoms with Gasteiger partial charge in [0.25, 0.3) is 5.91 Å². The Kier molecular flexibility index (Phi) is 7.63. The number of ether oxygens (including phenoxy) is 1. The zero-order valence-corrected chi connectivity index (χ0v) is 19.7. The third-order valence-electron chi connectivity index (χ3n) is 6.47. The second kappa shape index (κ2) is 11.0. The van der Waals surface area contributed by atoms with Gasteiger partial charge in [-0.1, -0.05) is 66.7 Å². The molecule has 5 nitrogen and oxygen atoms in total. The van der Waals surface area contributed by atoms with Gasteiger partial charge in [0.2, 0.25) is 5.91 Å². The average Bonchev–Trinajstić information content (AvgIpc) is 2.89. The summed E-state index contributed by atoms with van der Waals surface area (Å²) in [5, 5.41) is 0. The molecule has 4 rings (SSSR count). The van der Waals surface area contributed by atoms with Crippen molar-refractivity contribution in [3.63, 3.8) is 0 Å². The Balaban J connectivity index is 1.51. The standard InChI is InChI=1S/C29H32N2O3/c1-30(21-24-12-5-2-6-13-24)27(32)20-29(23-34-26-16-9-4-10-17-26)18-11-19-31(22-29)28(33)25-14-7-3-8-15-25/h2-10,12-17H,11,18-23H2,1H3/t29-/m0/s1. The van der Waals surface area contributed by atoms with Crippen molar-refractivity contribution < 1.29 is 14.3 Å². The minimum atomic E-state index is -0.444. The molecule has 5 heteroatoms. The number of rotatable bonds is 8. The number of benzene rings is 3. The highest BCUT2D eigenvalue weighted by Gasteiger charge is 2.40. The summed E-state index contributed by atoms with van der Waals surface area (Å²) in [5.41, 5.74) is 1.33. The normalized spacial score (nSPS) is 17.7. The van der Waals surface area contributed by atoms with E-state index >= 15 is 0 Å². The lowest BCUT2D eigenvalue weighted by atomic mass is 9.77. The fourth-order valence-electron chi connectivity index (χ4n) is 4.61. The van der Waals surface area contributed by atoms with Gasteiger partial charge in [-0.25, -0.2) is 0 Å². The van der Waals surface area contributed by atoms with Gasteiger partial charge in [-0.05, 0) is 42.7 Å². The number of para-hydroxylation sites is 1. The van der Waals surface area contributed by atoms with E-state index in [4.69, 9.17) is 4.74 Å². The van der Waals surface area contributed by atoms with E-state index in [0.717, 1.165) is 24.2 Å². The number of piperidine rings is 1. The van der Waals surface area contributed by atoms with E-state index in [-0.39, 0.29) is 11.8 Å². The molecule has 1 atom stereocenters. The number of carbonyl (C=O) groups excluding carboxylic acids is 2. The zero-order chi connectivity index (χ0) is 23.8. The molecule has 1 fully saturated rings. The van der Waals surface area contributed by atoms with Crippen molar-refractivity contribution >= 4 is 11.8 Å². The SMILES string of the molecule is CN(Cc1ccccc1)C(=O)C[C@@]1(COc2ccccc2)CCCN(C(=O)c2ccccc2)C1. The molecule has 1 heterocycles. The van der Waals surface area contributed by atoms with Crippen molar-refractivity contribution in [1.82, 2.24) is 9.80 Å². The van der Waals surface area contributed by atoms with Crippen LogP contribution in [0.5, 0.6) is 5.75 Å². The van der Waals surface area contributed by atoms with Crippen LogP contribution < -0.4 is 4.74 Å². The van der Waals surface area contributed by atoms with E-state index in [9.17, 15) is 9.59 Å². The molecule has 0 aliphatic carbocycles. The van der Waals surface area contributed by atoms with Crippen molar-refractivity contribution in [3.05, 3.63) is 102 Å². The maximum Gasteiger partial charge on any atom is 0.253 e. The molecule has 2 amide bonds. The van der Waals surface area contributed by atoms with Gasteiger partial charge in [-0.2, -0.15) is 0 Å². The number of likely N-dealkylation sites (tertiary alicyclic amines) is 1. The van der Waals surface area contributed by atoms with Gasteiger partial charge in [0.15, 0.2) is 0 Å². The van der Waals surface area contributed by atoms with E-state index < -0.39 is 5.41 Å². The van der Waals surface area contributed by atoms with Gasteiger partial charge < -0.3 is 14.5 Å². The molecule has 0 saturated carbocycles. The summed E-state index contributed by atoms with van der Waals surface area (Å²) >= 11 is 0. The Hall–Kier alpha value is -3.60. The highest BCUT2D eigenvalue weighted by Crippen LogP contribution is 2.36. The average molecular weight is 457 g/mol. The number of amides is 2. The van der Waals surface area contributed by atoms with Crippen molar-refractivity contribution in [2.45, 2.75) is 25.8 Å². The molecule has 0 radical (unpaired) electrons. The molecule has 34 heavy (non-hydrogen) atoms. The quantitative estimate of drug-likeness (QED) is 0.477. The van der Waals surface area contributed by atoms with Crippen LogP contribution in [0.15, 0.2) is 91.0 Å². The predicted molar refractivity (Wildman–Crippen MR) is 133 cm³/mol. The summed E-state index contributed by atoms with van der Waals surface area (Å²) in [5.74, 6) is 0.850. The van der Waals surface area contributed by atoms with Crippen molar-refractivity contribution in [2.24, 2.45) is 5.41 Å². The van der Waals surface area contributed by atoms with Crippen LogP contribution in [0.1, 0.15) is 35.2 Å². The Morgan fingerprint density at radius 1 is 0.912 bits per heavy atom. The Labute approximate surface area is 202 Å². The fourth-order valence-corrected chi connectivity index (χ4v) is 4.61. The van der Waals surface area contributed by atoms with Crippen LogP contribution in [0.4, 0.5) is 0 Å². The van der Waals surface area contributed by atoms with E-state index in [2.05, 4.69) is 0 Å². The third kappa shape index (κ3) is 6.04. The van der Waals surface area contributed by atoms with Gasteiger partial charge >= 0.3 is 0 Å².